The summed E-state index contributed by atoms with van der Waals surface area (Å²) in [7, 11) is 0. The predicted octanol–water partition coefficient (Wildman–Crippen LogP) is 3.43. The molecule has 0 saturated carbocycles. The normalized spacial score (nSPS) is 25.7. The van der Waals surface area contributed by atoms with Crippen molar-refractivity contribution in [1.29, 1.82) is 0 Å². The van der Waals surface area contributed by atoms with Crippen molar-refractivity contribution in [1.82, 2.24) is 0 Å². The lowest BCUT2D eigenvalue weighted by Gasteiger charge is -2.22. The Labute approximate surface area is 121 Å². The van der Waals surface area contributed by atoms with Gasteiger partial charge < -0.3 is 0 Å². The van der Waals surface area contributed by atoms with Gasteiger partial charge in [0.1, 0.15) is 0 Å². The van der Waals surface area contributed by atoms with E-state index in [9.17, 15) is 9.59 Å². The monoisotopic (exact) mass is 272 g/mol. The number of hydrogen-bond donors (Lipinski definition) is 0. The van der Waals surface area contributed by atoms with Crippen molar-refractivity contribution < 1.29 is 9.59 Å². The smallest absolute Gasteiger partial charge is 0.183 e. The summed E-state index contributed by atoms with van der Waals surface area (Å²) < 4.78 is 0. The molecule has 2 bridgehead atoms. The molecule has 0 fully saturated rings. The molecule has 3 aliphatic rings. The average Bonchev–Trinajstić information content (AvgIpc) is 3.06. The quantitative estimate of drug-likeness (QED) is 0.688. The second kappa shape index (κ2) is 3.59. The van der Waals surface area contributed by atoms with Crippen LogP contribution in [0.4, 0.5) is 0 Å². The van der Waals surface area contributed by atoms with E-state index in [1.54, 1.807) is 0 Å². The largest absolute Gasteiger partial charge is 0.290 e. The van der Waals surface area contributed by atoms with Gasteiger partial charge in [-0.05, 0) is 40.5 Å². The summed E-state index contributed by atoms with van der Waals surface area (Å²) in [6.07, 6.45) is 3.75. The van der Waals surface area contributed by atoms with Gasteiger partial charge in [-0.2, -0.15) is 0 Å². The number of ketones is 2. The molecule has 0 heterocycles. The molecule has 2 heteroatoms. The van der Waals surface area contributed by atoms with E-state index >= 15 is 0 Å². The molecular formula is C19H12O2. The predicted molar refractivity (Wildman–Crippen MR) is 80.2 cm³/mol. The first-order chi connectivity index (χ1) is 10.2. The third-order valence-electron chi connectivity index (χ3n) is 5.08. The molecule has 0 aromatic heterocycles. The molecule has 2 aromatic carbocycles. The Bertz CT molecular complexity index is 842. The minimum absolute atomic E-state index is 0.0240. The highest BCUT2D eigenvalue weighted by atomic mass is 16.1. The van der Waals surface area contributed by atoms with Crippen LogP contribution in [0.1, 0.15) is 29.4 Å². The fraction of sp³-hybridized carbons (Fsp3) is 0.158. The zero-order chi connectivity index (χ0) is 14.1. The molecule has 0 spiro atoms. The topological polar surface area (TPSA) is 34.1 Å². The van der Waals surface area contributed by atoms with Gasteiger partial charge in [-0.3, -0.25) is 9.59 Å². The van der Waals surface area contributed by atoms with E-state index in [1.807, 2.05) is 12.1 Å². The van der Waals surface area contributed by atoms with E-state index in [1.165, 1.54) is 34.1 Å². The summed E-state index contributed by atoms with van der Waals surface area (Å²) in [4.78, 5) is 24.4. The number of hydrogen-bond acceptors (Lipinski definition) is 2. The first-order valence-corrected chi connectivity index (χ1v) is 7.27. The van der Waals surface area contributed by atoms with Crippen molar-refractivity contribution >= 4 is 22.3 Å². The van der Waals surface area contributed by atoms with Crippen LogP contribution in [0.3, 0.4) is 0 Å². The summed E-state index contributed by atoms with van der Waals surface area (Å²) >= 11 is 0. The molecule has 100 valence electrons. The Balaban J connectivity index is 1.79. The van der Waals surface area contributed by atoms with Crippen LogP contribution < -0.4 is 0 Å². The highest BCUT2D eigenvalue weighted by molar-refractivity contribution is 6.22. The Morgan fingerprint density at radius 3 is 1.71 bits per heavy atom. The van der Waals surface area contributed by atoms with E-state index in [0.29, 0.717) is 0 Å². The van der Waals surface area contributed by atoms with Crippen LogP contribution in [-0.4, -0.2) is 11.6 Å². The lowest BCUT2D eigenvalue weighted by Crippen LogP contribution is -2.19. The number of benzene rings is 2. The maximum atomic E-state index is 12.2. The lowest BCUT2D eigenvalue weighted by molar-refractivity contribution is -0.115. The fourth-order valence-electron chi connectivity index (χ4n) is 4.23. The van der Waals surface area contributed by atoms with Crippen molar-refractivity contribution in [3.05, 3.63) is 70.8 Å². The SMILES string of the molecule is O=C1C=CC(=O)C2=C1[C@H]1C[C@@H]2c2cc3ccccc3cc21. The maximum absolute atomic E-state index is 12.2. The van der Waals surface area contributed by atoms with Crippen molar-refractivity contribution in [2.45, 2.75) is 18.3 Å². The second-order valence-electron chi connectivity index (χ2n) is 6.06. The zero-order valence-corrected chi connectivity index (χ0v) is 11.3. The number of carbonyl (C=O) groups is 2. The Morgan fingerprint density at radius 2 is 1.24 bits per heavy atom. The van der Waals surface area contributed by atoms with Gasteiger partial charge in [-0.15, -0.1) is 0 Å². The molecule has 0 N–H and O–H groups in total. The molecule has 0 radical (unpaired) electrons. The minimum Gasteiger partial charge on any atom is -0.290 e. The number of carbonyl (C=O) groups excluding carboxylic acids is 2. The Morgan fingerprint density at radius 1 is 0.762 bits per heavy atom. The van der Waals surface area contributed by atoms with Gasteiger partial charge in [-0.1, -0.05) is 36.4 Å². The van der Waals surface area contributed by atoms with Crippen LogP contribution in [0.2, 0.25) is 0 Å². The minimum atomic E-state index is 0.0240. The molecule has 5 rings (SSSR count). The lowest BCUT2D eigenvalue weighted by atomic mass is 9.79. The average molecular weight is 272 g/mol. The third-order valence-corrected chi connectivity index (χ3v) is 5.08. The van der Waals surface area contributed by atoms with E-state index in [-0.39, 0.29) is 23.4 Å². The van der Waals surface area contributed by atoms with Crippen LogP contribution in [0.5, 0.6) is 0 Å². The first-order valence-electron chi connectivity index (χ1n) is 7.27. The number of fused-ring (bicyclic) bond motifs is 8. The number of rotatable bonds is 0. The van der Waals surface area contributed by atoms with Gasteiger partial charge in [0.15, 0.2) is 11.6 Å². The summed E-state index contributed by atoms with van der Waals surface area (Å²) in [5.41, 5.74) is 4.01. The van der Waals surface area contributed by atoms with Gasteiger partial charge in [0.2, 0.25) is 0 Å². The van der Waals surface area contributed by atoms with Gasteiger partial charge >= 0.3 is 0 Å². The van der Waals surface area contributed by atoms with Gasteiger partial charge in [-0.25, -0.2) is 0 Å². The standard InChI is InChI=1S/C19H12O2/c20-16-5-6-17(21)19-15-9-14(18(16)19)12-7-10-3-1-2-4-11(10)8-13(12)15/h1-8,14-15H,9H2/t14-,15+. The van der Waals surface area contributed by atoms with Crippen LogP contribution >= 0.6 is 0 Å². The van der Waals surface area contributed by atoms with Crippen LogP contribution in [0.15, 0.2) is 59.7 Å². The molecule has 3 aliphatic carbocycles. The highest BCUT2D eigenvalue weighted by Crippen LogP contribution is 2.58. The second-order valence-corrected chi connectivity index (χ2v) is 6.06. The summed E-state index contributed by atoms with van der Waals surface area (Å²) in [6, 6.07) is 12.7. The van der Waals surface area contributed by atoms with Gasteiger partial charge in [0.25, 0.3) is 0 Å². The van der Waals surface area contributed by atoms with Crippen LogP contribution in [-0.2, 0) is 9.59 Å². The molecule has 2 nitrogen and oxygen atoms in total. The van der Waals surface area contributed by atoms with E-state index < -0.39 is 0 Å². The first kappa shape index (κ1) is 11.2. The molecule has 21 heavy (non-hydrogen) atoms. The molecule has 0 saturated heterocycles. The van der Waals surface area contributed by atoms with Crippen molar-refractivity contribution in [3.63, 3.8) is 0 Å². The molecule has 0 amide bonds. The molecule has 0 unspecified atom stereocenters. The molecule has 0 aliphatic heterocycles. The zero-order valence-electron chi connectivity index (χ0n) is 11.3. The van der Waals surface area contributed by atoms with Crippen molar-refractivity contribution in [2.24, 2.45) is 0 Å². The van der Waals surface area contributed by atoms with Gasteiger partial charge in [0, 0.05) is 23.0 Å². The summed E-state index contributed by atoms with van der Waals surface area (Å²) in [5, 5.41) is 2.41. The van der Waals surface area contributed by atoms with Crippen LogP contribution in [0.25, 0.3) is 10.8 Å². The van der Waals surface area contributed by atoms with Crippen LogP contribution in [0, 0.1) is 0 Å². The third kappa shape index (κ3) is 1.28. The fourth-order valence-corrected chi connectivity index (χ4v) is 4.23. The van der Waals surface area contributed by atoms with Gasteiger partial charge in [0.05, 0.1) is 0 Å². The maximum Gasteiger partial charge on any atom is 0.183 e. The molecule has 2 aromatic rings. The Kier molecular flexibility index (Phi) is 1.91. The summed E-state index contributed by atoms with van der Waals surface area (Å²) in [6.45, 7) is 0. The molecular weight excluding hydrogens is 260 g/mol. The summed E-state index contributed by atoms with van der Waals surface area (Å²) in [5.74, 6) is 0.281. The highest BCUT2D eigenvalue weighted by Gasteiger charge is 2.48. The van der Waals surface area contributed by atoms with E-state index in [4.69, 9.17) is 0 Å². The van der Waals surface area contributed by atoms with Crippen molar-refractivity contribution in [3.8, 4) is 0 Å². The van der Waals surface area contributed by atoms with Crippen molar-refractivity contribution in [2.75, 3.05) is 0 Å². The Hall–Kier alpha value is -2.48. The van der Waals surface area contributed by atoms with E-state index in [2.05, 4.69) is 24.3 Å². The van der Waals surface area contributed by atoms with E-state index in [0.717, 1.165) is 17.6 Å². The number of allylic oxidation sites excluding steroid dienone is 4. The molecule has 2 atom stereocenters.